The summed E-state index contributed by atoms with van der Waals surface area (Å²) in [5, 5.41) is 25.0. The smallest absolute Gasteiger partial charge is 0.399 e. The number of allylic oxidation sites excluding steroid dienone is 1. The van der Waals surface area contributed by atoms with Crippen molar-refractivity contribution >= 4 is 35.2 Å². The highest BCUT2D eigenvalue weighted by molar-refractivity contribution is 6.31. The van der Waals surface area contributed by atoms with Crippen LogP contribution < -0.4 is 16.8 Å². The molecule has 194 valence electrons. The van der Waals surface area contributed by atoms with Gasteiger partial charge < -0.3 is 27.3 Å². The Bertz CT molecular complexity index is 1240. The molecule has 36 heavy (non-hydrogen) atoms. The maximum absolute atomic E-state index is 13.5. The van der Waals surface area contributed by atoms with Crippen molar-refractivity contribution in [3.05, 3.63) is 51.6 Å². The number of aryl methyl sites for hydroxylation is 1. The number of carbonyl (C=O) groups is 1. The number of anilines is 2. The molecule has 1 aromatic heterocycles. The van der Waals surface area contributed by atoms with E-state index in [4.69, 9.17) is 28.5 Å². The Morgan fingerprint density at radius 2 is 1.94 bits per heavy atom. The Labute approximate surface area is 208 Å². The lowest BCUT2D eigenvalue weighted by Gasteiger charge is -2.27. The highest BCUT2D eigenvalue weighted by Crippen LogP contribution is 2.56. The van der Waals surface area contributed by atoms with E-state index in [1.165, 1.54) is 16.8 Å². The number of hydrogen-bond donors (Lipinski definition) is 5. The van der Waals surface area contributed by atoms with Crippen molar-refractivity contribution in [3.63, 3.8) is 0 Å². The first-order valence-electron chi connectivity index (χ1n) is 11.1. The van der Waals surface area contributed by atoms with E-state index < -0.39 is 34.8 Å². The first-order chi connectivity index (χ1) is 16.7. The summed E-state index contributed by atoms with van der Waals surface area (Å²) in [6, 6.07) is 3.74. The van der Waals surface area contributed by atoms with Crippen LogP contribution in [-0.4, -0.2) is 38.8 Å². The van der Waals surface area contributed by atoms with Crippen molar-refractivity contribution in [2.75, 3.05) is 11.1 Å². The molecule has 1 aromatic carbocycles. The molecule has 7 N–H and O–H groups in total. The van der Waals surface area contributed by atoms with Crippen LogP contribution in [0.3, 0.4) is 0 Å². The van der Waals surface area contributed by atoms with E-state index in [1.54, 1.807) is 7.05 Å². The van der Waals surface area contributed by atoms with E-state index in [2.05, 4.69) is 10.4 Å². The van der Waals surface area contributed by atoms with Crippen molar-refractivity contribution in [1.82, 2.24) is 9.78 Å². The average Bonchev–Trinajstić information content (AvgIpc) is 3.40. The number of aromatic nitrogens is 2. The number of nitrogens with one attached hydrogen (secondary N) is 2. The third-order valence-electron chi connectivity index (χ3n) is 7.19. The van der Waals surface area contributed by atoms with E-state index in [9.17, 15) is 27.5 Å². The molecule has 2 aromatic rings. The van der Waals surface area contributed by atoms with Crippen molar-refractivity contribution < 1.29 is 27.5 Å². The molecule has 2 saturated carbocycles. The van der Waals surface area contributed by atoms with Gasteiger partial charge in [0.05, 0.1) is 22.0 Å². The normalized spacial score (nSPS) is 26.5. The van der Waals surface area contributed by atoms with E-state index in [0.29, 0.717) is 18.5 Å². The van der Waals surface area contributed by atoms with Crippen LogP contribution in [0.1, 0.15) is 47.7 Å². The molecule has 2 aliphatic carbocycles. The molecule has 1 heterocycles. The lowest BCUT2D eigenvalue weighted by atomic mass is 9.88. The number of benzene rings is 1. The number of halogens is 5. The Morgan fingerprint density at radius 1 is 1.33 bits per heavy atom. The molecule has 8 nitrogen and oxygen atoms in total. The summed E-state index contributed by atoms with van der Waals surface area (Å²) >= 11 is 5.79. The predicted molar refractivity (Wildman–Crippen MR) is 126 cm³/mol. The number of nitrogens with two attached hydrogens (primary N) is 2. The monoisotopic (exact) mass is 528 g/mol. The van der Waals surface area contributed by atoms with Crippen molar-refractivity contribution in [1.29, 1.82) is 5.41 Å². The van der Waals surface area contributed by atoms with Gasteiger partial charge in [-0.3, -0.25) is 9.48 Å². The number of fused-ring (bicyclic) bond motifs is 1. The summed E-state index contributed by atoms with van der Waals surface area (Å²) in [6.07, 6.45) is -3.78. The van der Waals surface area contributed by atoms with Gasteiger partial charge in [-0.2, -0.15) is 18.3 Å². The molecule has 2 aliphatic rings. The number of hydrogen-bond acceptors (Lipinski definition) is 6. The minimum Gasteiger partial charge on any atom is -0.399 e. The summed E-state index contributed by atoms with van der Waals surface area (Å²) in [4.78, 5) is 13.1. The van der Waals surface area contributed by atoms with Gasteiger partial charge in [-0.1, -0.05) is 11.6 Å². The van der Waals surface area contributed by atoms with E-state index >= 15 is 0 Å². The minimum absolute atomic E-state index is 0.00530. The van der Waals surface area contributed by atoms with Gasteiger partial charge in [0.2, 0.25) is 0 Å². The lowest BCUT2D eigenvalue weighted by molar-refractivity contribution is -0.0888. The van der Waals surface area contributed by atoms with Crippen molar-refractivity contribution in [2.45, 2.75) is 43.4 Å². The third kappa shape index (κ3) is 4.55. The number of aliphatic hydroxyl groups is 1. The van der Waals surface area contributed by atoms with Gasteiger partial charge in [0.1, 0.15) is 22.8 Å². The quantitative estimate of drug-likeness (QED) is 0.293. The molecule has 0 saturated heterocycles. The summed E-state index contributed by atoms with van der Waals surface area (Å²) in [5.74, 6) is -1.60. The first kappa shape index (κ1) is 26.0. The fourth-order valence-electron chi connectivity index (χ4n) is 5.51. The maximum atomic E-state index is 13.5. The number of amides is 1. The molecule has 2 atom stereocenters. The standard InChI is InChI=1S/C23H25ClF4N6O2/c1-34-20(31)17(21(35)32-13-2-3-16(25)15(24)6-13)18(33-34)10-4-11-7-22(36,8-12(11)5-10)19(30)14(9-29)23(26,27)28/h2-3,6,9-12,29,36H,4-5,7-8,30-31H2,1H3,(H,32,35). The van der Waals surface area contributed by atoms with E-state index in [0.717, 1.165) is 6.07 Å². The molecule has 0 radical (unpaired) electrons. The number of nitrogens with zero attached hydrogens (tertiary/aromatic N) is 2. The minimum atomic E-state index is -4.84. The van der Waals surface area contributed by atoms with Gasteiger partial charge in [-0.15, -0.1) is 0 Å². The van der Waals surface area contributed by atoms with Gasteiger partial charge >= 0.3 is 6.18 Å². The zero-order valence-corrected chi connectivity index (χ0v) is 19.9. The highest BCUT2D eigenvalue weighted by atomic mass is 35.5. The second kappa shape index (κ2) is 9.07. The zero-order chi connectivity index (χ0) is 26.6. The first-order valence-corrected chi connectivity index (χ1v) is 11.5. The highest BCUT2D eigenvalue weighted by Gasteiger charge is 2.53. The molecule has 0 bridgehead atoms. The van der Waals surface area contributed by atoms with Gasteiger partial charge in [-0.25, -0.2) is 4.39 Å². The molecule has 2 unspecified atom stereocenters. The number of carbonyl (C=O) groups excluding carboxylic acids is 1. The van der Waals surface area contributed by atoms with Crippen LogP contribution in [0.5, 0.6) is 0 Å². The number of rotatable bonds is 5. The largest absolute Gasteiger partial charge is 0.419 e. The van der Waals surface area contributed by atoms with Crippen LogP contribution >= 0.6 is 11.6 Å². The Hall–Kier alpha value is -3.12. The molecular weight excluding hydrogens is 504 g/mol. The average molecular weight is 529 g/mol. The van der Waals surface area contributed by atoms with E-state index in [1.807, 2.05) is 0 Å². The summed E-state index contributed by atoms with van der Waals surface area (Å²) in [7, 11) is 1.58. The second-order valence-electron chi connectivity index (χ2n) is 9.45. The number of alkyl halides is 3. The maximum Gasteiger partial charge on any atom is 0.419 e. The van der Waals surface area contributed by atoms with Gasteiger partial charge in [0, 0.05) is 24.9 Å². The van der Waals surface area contributed by atoms with Gasteiger partial charge in [0.25, 0.3) is 5.91 Å². The van der Waals surface area contributed by atoms with Crippen molar-refractivity contribution in [3.8, 4) is 0 Å². The zero-order valence-electron chi connectivity index (χ0n) is 19.2. The Morgan fingerprint density at radius 3 is 2.47 bits per heavy atom. The van der Waals surface area contributed by atoms with Crippen LogP contribution in [0.15, 0.2) is 29.5 Å². The molecule has 0 spiro atoms. The Balaban J connectivity index is 1.55. The predicted octanol–water partition coefficient (Wildman–Crippen LogP) is 4.11. The van der Waals surface area contributed by atoms with Crippen LogP contribution in [0.2, 0.25) is 5.02 Å². The fraction of sp³-hybridized carbons (Fsp3) is 0.435. The summed E-state index contributed by atoms with van der Waals surface area (Å²) < 4.78 is 54.5. The molecule has 13 heteroatoms. The van der Waals surface area contributed by atoms with Crippen LogP contribution in [-0.2, 0) is 7.05 Å². The van der Waals surface area contributed by atoms with Crippen LogP contribution in [0, 0.1) is 23.1 Å². The van der Waals surface area contributed by atoms with Gasteiger partial charge in [0.15, 0.2) is 0 Å². The molecule has 4 rings (SSSR count). The summed E-state index contributed by atoms with van der Waals surface area (Å²) in [5.41, 5.74) is 8.76. The van der Waals surface area contributed by atoms with Gasteiger partial charge in [-0.05, 0) is 55.7 Å². The summed E-state index contributed by atoms with van der Waals surface area (Å²) in [6.45, 7) is 0. The molecule has 2 fully saturated rings. The SMILES string of the molecule is Cn1nc(C2CC3CC(O)(C(N)=C(C=N)C(F)(F)F)CC3C2)c(C(=O)Nc2ccc(F)c(Cl)c2)c1N. The molecular formula is C23H25ClF4N6O2. The van der Waals surface area contributed by atoms with Crippen LogP contribution in [0.4, 0.5) is 29.1 Å². The Kier molecular flexibility index (Phi) is 6.54. The fourth-order valence-corrected chi connectivity index (χ4v) is 5.69. The second-order valence-corrected chi connectivity index (χ2v) is 9.86. The lowest BCUT2D eigenvalue weighted by Crippen LogP contribution is -2.37. The van der Waals surface area contributed by atoms with E-state index in [-0.39, 0.29) is 58.9 Å². The number of nitrogen functional groups attached to an aromatic ring is 1. The van der Waals surface area contributed by atoms with Crippen LogP contribution in [0.25, 0.3) is 0 Å². The third-order valence-corrected chi connectivity index (χ3v) is 7.48. The topological polar surface area (TPSA) is 143 Å². The van der Waals surface area contributed by atoms with Crippen molar-refractivity contribution in [2.24, 2.45) is 24.6 Å². The molecule has 1 amide bonds. The molecule has 0 aliphatic heterocycles.